The van der Waals surface area contributed by atoms with Gasteiger partial charge in [-0.25, -0.2) is 4.79 Å². The zero-order valence-corrected chi connectivity index (χ0v) is 22.4. The fraction of sp³-hybridized carbons (Fsp3) is 0.241. The van der Waals surface area contributed by atoms with Crippen LogP contribution in [0.25, 0.3) is 10.9 Å². The Morgan fingerprint density at radius 1 is 0.868 bits per heavy atom. The summed E-state index contributed by atoms with van der Waals surface area (Å²) in [4.78, 5) is 16.8. The summed E-state index contributed by atoms with van der Waals surface area (Å²) in [6.07, 6.45) is 1.66. The van der Waals surface area contributed by atoms with Gasteiger partial charge in [-0.15, -0.1) is 0 Å². The van der Waals surface area contributed by atoms with E-state index in [0.29, 0.717) is 58.0 Å². The predicted octanol–water partition coefficient (Wildman–Crippen LogP) is 7.33. The van der Waals surface area contributed by atoms with Gasteiger partial charge in [0, 0.05) is 29.8 Å². The molecule has 1 amide bonds. The van der Waals surface area contributed by atoms with Crippen LogP contribution in [-0.4, -0.2) is 38.5 Å². The first kappa shape index (κ1) is 26.9. The number of carbonyl (C=O) groups is 1. The summed E-state index contributed by atoms with van der Waals surface area (Å²) in [6.45, 7) is 4.38. The molecule has 8 nitrogen and oxygen atoms in total. The SMILES string of the molecule is COc1cc2nccc(Oc3cc(C)c(NC(=O)OCCCOc4ccccc4Cl)cc3C)c2cc1OC. The number of pyridine rings is 1. The van der Waals surface area contributed by atoms with E-state index in [2.05, 4.69) is 10.3 Å². The van der Waals surface area contributed by atoms with Crippen molar-refractivity contribution >= 4 is 34.3 Å². The van der Waals surface area contributed by atoms with Gasteiger partial charge in [0.25, 0.3) is 0 Å². The molecule has 0 radical (unpaired) electrons. The molecule has 3 aromatic carbocycles. The van der Waals surface area contributed by atoms with Crippen molar-refractivity contribution < 1.29 is 28.5 Å². The van der Waals surface area contributed by atoms with Gasteiger partial charge in [-0.3, -0.25) is 10.3 Å². The first-order valence-electron chi connectivity index (χ1n) is 12.0. The Hall–Kier alpha value is -4.17. The van der Waals surface area contributed by atoms with Crippen LogP contribution in [0.1, 0.15) is 17.5 Å². The number of nitrogens with zero attached hydrogens (tertiary/aromatic N) is 1. The van der Waals surface area contributed by atoms with Crippen molar-refractivity contribution in [2.75, 3.05) is 32.8 Å². The molecule has 0 aliphatic carbocycles. The molecule has 0 aliphatic heterocycles. The number of amides is 1. The van der Waals surface area contributed by atoms with Crippen molar-refractivity contribution in [2.24, 2.45) is 0 Å². The minimum Gasteiger partial charge on any atom is -0.493 e. The third kappa shape index (κ3) is 6.39. The number of aryl methyl sites for hydroxylation is 2. The first-order chi connectivity index (χ1) is 18.4. The van der Waals surface area contributed by atoms with Crippen LogP contribution < -0.4 is 24.3 Å². The molecule has 198 valence electrons. The molecule has 0 saturated carbocycles. The van der Waals surface area contributed by atoms with Crippen LogP contribution in [0.15, 0.2) is 60.8 Å². The highest BCUT2D eigenvalue weighted by molar-refractivity contribution is 6.32. The number of halogens is 1. The monoisotopic (exact) mass is 536 g/mol. The number of rotatable bonds is 10. The van der Waals surface area contributed by atoms with Crippen molar-refractivity contribution in [1.82, 2.24) is 4.98 Å². The van der Waals surface area contributed by atoms with Crippen LogP contribution >= 0.6 is 11.6 Å². The van der Waals surface area contributed by atoms with Crippen molar-refractivity contribution in [2.45, 2.75) is 20.3 Å². The second-order valence-electron chi connectivity index (χ2n) is 8.46. The van der Waals surface area contributed by atoms with Crippen molar-refractivity contribution in [3.05, 3.63) is 76.9 Å². The maximum Gasteiger partial charge on any atom is 0.411 e. The zero-order chi connectivity index (χ0) is 27.1. The first-order valence-corrected chi connectivity index (χ1v) is 12.4. The fourth-order valence-electron chi connectivity index (χ4n) is 3.80. The number of methoxy groups -OCH3 is 2. The van der Waals surface area contributed by atoms with E-state index < -0.39 is 6.09 Å². The van der Waals surface area contributed by atoms with E-state index >= 15 is 0 Å². The van der Waals surface area contributed by atoms with E-state index in [1.165, 1.54) is 0 Å². The molecule has 0 aliphatic rings. The van der Waals surface area contributed by atoms with Crippen LogP contribution in [0.5, 0.6) is 28.7 Å². The van der Waals surface area contributed by atoms with E-state index in [0.717, 1.165) is 16.5 Å². The minimum atomic E-state index is -0.542. The molecule has 4 aromatic rings. The van der Waals surface area contributed by atoms with Gasteiger partial charge in [0.1, 0.15) is 17.2 Å². The number of fused-ring (bicyclic) bond motifs is 1. The van der Waals surface area contributed by atoms with E-state index in [1.807, 2.05) is 44.2 Å². The maximum absolute atomic E-state index is 12.3. The Morgan fingerprint density at radius 3 is 2.39 bits per heavy atom. The molecule has 0 atom stereocenters. The number of anilines is 1. The molecular formula is C29H29ClN2O6. The summed E-state index contributed by atoms with van der Waals surface area (Å²) in [5.74, 6) is 3.05. The molecule has 4 rings (SSSR count). The Kier molecular flexibility index (Phi) is 8.76. The second-order valence-corrected chi connectivity index (χ2v) is 8.87. The van der Waals surface area contributed by atoms with Crippen LogP contribution in [0.2, 0.25) is 5.02 Å². The van der Waals surface area contributed by atoms with E-state index in [9.17, 15) is 4.79 Å². The van der Waals surface area contributed by atoms with Gasteiger partial charge in [-0.1, -0.05) is 23.7 Å². The molecule has 0 saturated heterocycles. The van der Waals surface area contributed by atoms with Crippen molar-refractivity contribution in [3.8, 4) is 28.7 Å². The second kappa shape index (κ2) is 12.4. The Bertz CT molecular complexity index is 1440. The van der Waals surface area contributed by atoms with E-state index in [1.54, 1.807) is 44.7 Å². The third-order valence-corrected chi connectivity index (χ3v) is 6.11. The van der Waals surface area contributed by atoms with Gasteiger partial charge in [0.15, 0.2) is 11.5 Å². The molecule has 0 fully saturated rings. The summed E-state index contributed by atoms with van der Waals surface area (Å²) in [5, 5.41) is 4.12. The number of hydrogen-bond acceptors (Lipinski definition) is 7. The molecule has 1 heterocycles. The van der Waals surface area contributed by atoms with Crippen molar-refractivity contribution in [1.29, 1.82) is 0 Å². The largest absolute Gasteiger partial charge is 0.493 e. The molecule has 9 heteroatoms. The van der Waals surface area contributed by atoms with E-state index in [-0.39, 0.29) is 6.61 Å². The van der Waals surface area contributed by atoms with Gasteiger partial charge >= 0.3 is 6.09 Å². The average Bonchev–Trinajstić information content (AvgIpc) is 2.91. The molecule has 0 unspecified atom stereocenters. The zero-order valence-electron chi connectivity index (χ0n) is 21.7. The summed E-state index contributed by atoms with van der Waals surface area (Å²) in [7, 11) is 3.16. The number of ether oxygens (including phenoxy) is 5. The lowest BCUT2D eigenvalue weighted by molar-refractivity contribution is 0.152. The smallest absolute Gasteiger partial charge is 0.411 e. The van der Waals surface area contributed by atoms with Crippen LogP contribution in [0.4, 0.5) is 10.5 Å². The normalized spacial score (nSPS) is 10.7. The summed E-state index contributed by atoms with van der Waals surface area (Å²) >= 11 is 6.07. The number of hydrogen-bond donors (Lipinski definition) is 1. The van der Waals surface area contributed by atoms with Gasteiger partial charge in [-0.2, -0.15) is 0 Å². The summed E-state index contributed by atoms with van der Waals surface area (Å²) < 4.78 is 28.0. The number of nitrogens with one attached hydrogen (secondary N) is 1. The molecule has 38 heavy (non-hydrogen) atoms. The Morgan fingerprint density at radius 2 is 1.63 bits per heavy atom. The van der Waals surface area contributed by atoms with Crippen LogP contribution in [0.3, 0.4) is 0 Å². The average molecular weight is 537 g/mol. The molecule has 1 N–H and O–H groups in total. The third-order valence-electron chi connectivity index (χ3n) is 5.80. The van der Waals surface area contributed by atoms with Crippen LogP contribution in [0, 0.1) is 13.8 Å². The maximum atomic E-state index is 12.3. The minimum absolute atomic E-state index is 0.207. The lowest BCUT2D eigenvalue weighted by atomic mass is 10.1. The highest BCUT2D eigenvalue weighted by Gasteiger charge is 2.14. The number of para-hydroxylation sites is 1. The van der Waals surface area contributed by atoms with E-state index in [4.69, 9.17) is 35.3 Å². The standard InChI is InChI=1S/C29H29ClN2O6/c1-18-15-26(38-24-10-11-31-23-17-28(35-4)27(34-3)16-20(23)24)19(2)14-22(18)32-29(33)37-13-7-12-36-25-9-6-5-8-21(25)30/h5-6,8-11,14-17H,7,12-13H2,1-4H3,(H,32,33). The molecular weight excluding hydrogens is 508 g/mol. The lowest BCUT2D eigenvalue weighted by Gasteiger charge is -2.16. The molecule has 0 spiro atoms. The quantitative estimate of drug-likeness (QED) is 0.212. The van der Waals surface area contributed by atoms with Gasteiger partial charge in [0.05, 0.1) is 38.0 Å². The lowest BCUT2D eigenvalue weighted by Crippen LogP contribution is -2.16. The highest BCUT2D eigenvalue weighted by Crippen LogP contribution is 2.38. The molecule has 1 aromatic heterocycles. The Labute approximate surface area is 226 Å². The Balaban J connectivity index is 1.37. The summed E-state index contributed by atoms with van der Waals surface area (Å²) in [5.41, 5.74) is 3.01. The van der Waals surface area contributed by atoms with Gasteiger partial charge in [0.2, 0.25) is 0 Å². The highest BCUT2D eigenvalue weighted by atomic mass is 35.5. The van der Waals surface area contributed by atoms with Crippen LogP contribution in [-0.2, 0) is 4.74 Å². The number of benzene rings is 3. The topological polar surface area (TPSA) is 88.1 Å². The fourth-order valence-corrected chi connectivity index (χ4v) is 3.99. The number of aromatic nitrogens is 1. The molecule has 0 bridgehead atoms. The van der Waals surface area contributed by atoms with Gasteiger partial charge < -0.3 is 23.7 Å². The van der Waals surface area contributed by atoms with Crippen molar-refractivity contribution in [3.63, 3.8) is 0 Å². The number of carbonyl (C=O) groups excluding carboxylic acids is 1. The van der Waals surface area contributed by atoms with Gasteiger partial charge in [-0.05, 0) is 61.4 Å². The summed E-state index contributed by atoms with van der Waals surface area (Å²) in [6, 6.07) is 16.4. The predicted molar refractivity (Wildman–Crippen MR) is 147 cm³/mol.